The van der Waals surface area contributed by atoms with Crippen molar-refractivity contribution in [2.75, 3.05) is 37.7 Å². The summed E-state index contributed by atoms with van der Waals surface area (Å²) in [6.45, 7) is 5.87. The van der Waals surface area contributed by atoms with Gasteiger partial charge in [0.05, 0.1) is 18.5 Å². The predicted octanol–water partition coefficient (Wildman–Crippen LogP) is 3.04. The third-order valence-corrected chi connectivity index (χ3v) is 5.13. The summed E-state index contributed by atoms with van der Waals surface area (Å²) in [6, 6.07) is 7.23. The van der Waals surface area contributed by atoms with E-state index in [0.29, 0.717) is 6.61 Å². The Morgan fingerprint density at radius 3 is 2.77 bits per heavy atom. The minimum absolute atomic E-state index is 0.306. The third kappa shape index (κ3) is 4.12. The molecule has 5 nitrogen and oxygen atoms in total. The first-order chi connectivity index (χ1) is 12.8. The van der Waals surface area contributed by atoms with Crippen LogP contribution in [0.4, 0.5) is 10.2 Å². The molecule has 0 bridgehead atoms. The molecule has 0 radical (unpaired) electrons. The molecular formula is C20H25FN4O. The highest BCUT2D eigenvalue weighted by molar-refractivity contribution is 5.43. The third-order valence-electron chi connectivity index (χ3n) is 5.13. The van der Waals surface area contributed by atoms with Gasteiger partial charge in [0, 0.05) is 32.1 Å². The molecule has 0 aromatic carbocycles. The van der Waals surface area contributed by atoms with Crippen LogP contribution in [0.25, 0.3) is 0 Å². The summed E-state index contributed by atoms with van der Waals surface area (Å²) >= 11 is 0. The highest BCUT2D eigenvalue weighted by Crippen LogP contribution is 2.24. The maximum atomic E-state index is 13.0. The summed E-state index contributed by atoms with van der Waals surface area (Å²) in [5, 5.41) is 0. The van der Waals surface area contributed by atoms with Gasteiger partial charge in [0.15, 0.2) is 0 Å². The van der Waals surface area contributed by atoms with E-state index >= 15 is 0 Å². The molecule has 26 heavy (non-hydrogen) atoms. The minimum atomic E-state index is -0.306. The van der Waals surface area contributed by atoms with Crippen LogP contribution in [0.15, 0.2) is 30.5 Å². The van der Waals surface area contributed by atoms with Crippen LogP contribution in [0.1, 0.15) is 30.5 Å². The molecule has 0 atom stereocenters. The number of pyridine rings is 2. The topological polar surface area (TPSA) is 41.5 Å². The number of aromatic nitrogens is 2. The Kier molecular flexibility index (Phi) is 5.29. The molecule has 2 aromatic rings. The lowest BCUT2D eigenvalue weighted by molar-refractivity contribution is 0.256. The van der Waals surface area contributed by atoms with Crippen LogP contribution < -0.4 is 9.64 Å². The number of ether oxygens (including phenoxy) is 1. The van der Waals surface area contributed by atoms with Gasteiger partial charge in [-0.2, -0.15) is 0 Å². The second-order valence-electron chi connectivity index (χ2n) is 7.01. The smallest absolute Gasteiger partial charge is 0.213 e. The first-order valence-electron chi connectivity index (χ1n) is 9.48. The molecule has 4 rings (SSSR count). The average Bonchev–Trinajstić information content (AvgIpc) is 3.19. The number of likely N-dealkylation sites (tertiary alicyclic amines) is 1. The molecule has 2 aliphatic heterocycles. The van der Waals surface area contributed by atoms with E-state index in [0.717, 1.165) is 49.9 Å². The van der Waals surface area contributed by atoms with Gasteiger partial charge < -0.3 is 14.5 Å². The molecule has 1 fully saturated rings. The lowest BCUT2D eigenvalue weighted by Crippen LogP contribution is -2.31. The molecular weight excluding hydrogens is 331 g/mol. The van der Waals surface area contributed by atoms with Crippen LogP contribution >= 0.6 is 0 Å². The van der Waals surface area contributed by atoms with Gasteiger partial charge >= 0.3 is 0 Å². The van der Waals surface area contributed by atoms with Crippen LogP contribution in [-0.4, -0.2) is 47.7 Å². The number of rotatable bonds is 6. The lowest BCUT2D eigenvalue weighted by Gasteiger charge is -2.29. The van der Waals surface area contributed by atoms with E-state index in [1.165, 1.54) is 43.8 Å². The van der Waals surface area contributed by atoms with Crippen molar-refractivity contribution in [3.05, 3.63) is 47.5 Å². The number of anilines is 1. The molecule has 0 spiro atoms. The molecule has 0 unspecified atom stereocenters. The quantitative estimate of drug-likeness (QED) is 0.744. The van der Waals surface area contributed by atoms with Crippen molar-refractivity contribution < 1.29 is 9.13 Å². The van der Waals surface area contributed by atoms with Crippen molar-refractivity contribution in [2.45, 2.75) is 32.2 Å². The Hall–Kier alpha value is -2.21. The maximum absolute atomic E-state index is 13.0. The summed E-state index contributed by atoms with van der Waals surface area (Å²) in [7, 11) is 0. The SMILES string of the molecule is Fc1ccc(N2CCc3nc(OCCCN4CCCC4)ccc3C2)nc1. The number of hydrogen-bond donors (Lipinski definition) is 0. The lowest BCUT2D eigenvalue weighted by atomic mass is 10.1. The number of halogens is 1. The molecule has 1 saturated heterocycles. The molecule has 0 saturated carbocycles. The molecule has 2 aromatic heterocycles. The van der Waals surface area contributed by atoms with Gasteiger partial charge in [-0.1, -0.05) is 6.07 Å². The van der Waals surface area contributed by atoms with Crippen molar-refractivity contribution in [2.24, 2.45) is 0 Å². The van der Waals surface area contributed by atoms with Crippen molar-refractivity contribution >= 4 is 5.82 Å². The van der Waals surface area contributed by atoms with E-state index < -0.39 is 0 Å². The van der Waals surface area contributed by atoms with Crippen molar-refractivity contribution in [1.82, 2.24) is 14.9 Å². The molecule has 0 N–H and O–H groups in total. The molecule has 4 heterocycles. The summed E-state index contributed by atoms with van der Waals surface area (Å²) in [5.41, 5.74) is 2.28. The molecule has 6 heteroatoms. The molecule has 0 aliphatic carbocycles. The number of hydrogen-bond acceptors (Lipinski definition) is 5. The zero-order chi connectivity index (χ0) is 17.8. The highest BCUT2D eigenvalue weighted by Gasteiger charge is 2.19. The zero-order valence-corrected chi connectivity index (χ0v) is 15.0. The second kappa shape index (κ2) is 7.99. The standard InChI is InChI=1S/C20H25FN4O/c21-17-5-6-19(22-14-17)25-12-8-18-16(15-25)4-7-20(23-18)26-13-3-11-24-9-1-2-10-24/h4-7,14H,1-3,8-13,15H2. The second-order valence-corrected chi connectivity index (χ2v) is 7.01. The van der Waals surface area contributed by atoms with Gasteiger partial charge in [0.2, 0.25) is 5.88 Å². The fourth-order valence-electron chi connectivity index (χ4n) is 3.70. The molecule has 138 valence electrons. The fourth-order valence-corrected chi connectivity index (χ4v) is 3.70. The number of nitrogens with zero attached hydrogens (tertiary/aromatic N) is 4. The number of fused-ring (bicyclic) bond motifs is 1. The summed E-state index contributed by atoms with van der Waals surface area (Å²) in [5.74, 6) is 1.22. The van der Waals surface area contributed by atoms with E-state index in [-0.39, 0.29) is 5.82 Å². The molecule has 2 aliphatic rings. The summed E-state index contributed by atoms with van der Waals surface area (Å²) < 4.78 is 18.9. The Bertz CT molecular complexity index is 731. The normalized spacial score (nSPS) is 17.3. The van der Waals surface area contributed by atoms with Gasteiger partial charge in [-0.15, -0.1) is 0 Å². The van der Waals surface area contributed by atoms with Crippen molar-refractivity contribution in [3.63, 3.8) is 0 Å². The largest absolute Gasteiger partial charge is 0.478 e. The maximum Gasteiger partial charge on any atom is 0.213 e. The van der Waals surface area contributed by atoms with Crippen LogP contribution in [0.3, 0.4) is 0 Å². The van der Waals surface area contributed by atoms with Crippen LogP contribution in [0.2, 0.25) is 0 Å². The van der Waals surface area contributed by atoms with Crippen LogP contribution in [0.5, 0.6) is 5.88 Å². The summed E-state index contributed by atoms with van der Waals surface area (Å²) in [6.07, 6.45) is 5.82. The Morgan fingerprint density at radius 2 is 1.96 bits per heavy atom. The zero-order valence-electron chi connectivity index (χ0n) is 15.0. The Labute approximate surface area is 153 Å². The van der Waals surface area contributed by atoms with E-state index in [4.69, 9.17) is 4.74 Å². The minimum Gasteiger partial charge on any atom is -0.478 e. The first-order valence-corrected chi connectivity index (χ1v) is 9.48. The first kappa shape index (κ1) is 17.2. The van der Waals surface area contributed by atoms with E-state index in [9.17, 15) is 4.39 Å². The van der Waals surface area contributed by atoms with Gasteiger partial charge in [-0.05, 0) is 50.0 Å². The summed E-state index contributed by atoms with van der Waals surface area (Å²) in [4.78, 5) is 13.5. The van der Waals surface area contributed by atoms with E-state index in [1.54, 1.807) is 6.07 Å². The van der Waals surface area contributed by atoms with Crippen molar-refractivity contribution in [1.29, 1.82) is 0 Å². The Balaban J connectivity index is 1.31. The van der Waals surface area contributed by atoms with Gasteiger partial charge in [0.1, 0.15) is 11.6 Å². The van der Waals surface area contributed by atoms with E-state index in [2.05, 4.69) is 25.8 Å². The fraction of sp³-hybridized carbons (Fsp3) is 0.500. The van der Waals surface area contributed by atoms with Crippen LogP contribution in [0, 0.1) is 5.82 Å². The monoisotopic (exact) mass is 356 g/mol. The van der Waals surface area contributed by atoms with Gasteiger partial charge in [0.25, 0.3) is 0 Å². The Morgan fingerprint density at radius 1 is 1.08 bits per heavy atom. The average molecular weight is 356 g/mol. The van der Waals surface area contributed by atoms with E-state index in [1.807, 2.05) is 6.07 Å². The van der Waals surface area contributed by atoms with Gasteiger partial charge in [-0.3, -0.25) is 0 Å². The van der Waals surface area contributed by atoms with Crippen LogP contribution in [-0.2, 0) is 13.0 Å². The molecule has 0 amide bonds. The highest BCUT2D eigenvalue weighted by atomic mass is 19.1. The van der Waals surface area contributed by atoms with Gasteiger partial charge in [-0.25, -0.2) is 14.4 Å². The van der Waals surface area contributed by atoms with Crippen molar-refractivity contribution in [3.8, 4) is 5.88 Å². The predicted molar refractivity (Wildman–Crippen MR) is 99.0 cm³/mol.